The third kappa shape index (κ3) is 1.41. The lowest BCUT2D eigenvalue weighted by Crippen LogP contribution is -2.47. The summed E-state index contributed by atoms with van der Waals surface area (Å²) in [6.07, 6.45) is 3.09. The highest BCUT2D eigenvalue weighted by Gasteiger charge is 2.41. The van der Waals surface area contributed by atoms with Crippen LogP contribution in [0.1, 0.15) is 20.3 Å². The van der Waals surface area contributed by atoms with Crippen molar-refractivity contribution in [3.63, 3.8) is 0 Å². The van der Waals surface area contributed by atoms with Crippen molar-refractivity contribution < 1.29 is 5.11 Å². The van der Waals surface area contributed by atoms with Crippen molar-refractivity contribution in [1.29, 1.82) is 0 Å². The molecule has 1 saturated heterocycles. The highest BCUT2D eigenvalue weighted by molar-refractivity contribution is 4.98. The molecular weight excluding hydrogens is 150 g/mol. The number of hydrogen-bond donors (Lipinski definition) is 1. The van der Waals surface area contributed by atoms with E-state index in [2.05, 4.69) is 25.3 Å². The number of hydrogen-bond acceptors (Lipinski definition) is 2. The Balaban J connectivity index is 2.69. The predicted molar refractivity (Wildman–Crippen MR) is 51.0 cm³/mol. The molecule has 1 heterocycles. The number of rotatable bonds is 3. The van der Waals surface area contributed by atoms with E-state index >= 15 is 0 Å². The second kappa shape index (κ2) is 3.58. The molecule has 0 aromatic heterocycles. The summed E-state index contributed by atoms with van der Waals surface area (Å²) in [4.78, 5) is 2.31. The summed E-state index contributed by atoms with van der Waals surface area (Å²) in [7, 11) is 0. The maximum Gasteiger partial charge on any atom is 0.0615 e. The molecule has 0 saturated carbocycles. The molecule has 0 bridgehead atoms. The second-order valence-corrected chi connectivity index (χ2v) is 3.94. The first-order valence-electron chi connectivity index (χ1n) is 4.62. The zero-order chi connectivity index (χ0) is 9.19. The minimum absolute atomic E-state index is 0.0197. The smallest absolute Gasteiger partial charge is 0.0615 e. The highest BCUT2D eigenvalue weighted by atomic mass is 16.3. The third-order valence-electron chi connectivity index (χ3n) is 3.29. The van der Waals surface area contributed by atoms with Gasteiger partial charge in [-0.1, -0.05) is 13.0 Å². The Morgan fingerprint density at radius 1 is 1.75 bits per heavy atom. The maximum atomic E-state index is 9.32. The second-order valence-electron chi connectivity index (χ2n) is 3.94. The van der Waals surface area contributed by atoms with E-state index < -0.39 is 0 Å². The van der Waals surface area contributed by atoms with Crippen molar-refractivity contribution in [2.45, 2.75) is 25.8 Å². The van der Waals surface area contributed by atoms with E-state index in [1.165, 1.54) is 6.42 Å². The molecule has 0 radical (unpaired) electrons. The van der Waals surface area contributed by atoms with Crippen LogP contribution in [0.4, 0.5) is 0 Å². The molecule has 2 atom stereocenters. The highest BCUT2D eigenvalue weighted by Crippen LogP contribution is 2.33. The minimum Gasteiger partial charge on any atom is -0.394 e. The molecule has 1 aliphatic rings. The normalized spacial score (nSPS) is 37.1. The van der Waals surface area contributed by atoms with Gasteiger partial charge in [-0.2, -0.15) is 0 Å². The largest absolute Gasteiger partial charge is 0.394 e. The molecule has 1 fully saturated rings. The van der Waals surface area contributed by atoms with Crippen molar-refractivity contribution in [2.24, 2.45) is 5.92 Å². The minimum atomic E-state index is -0.0197. The van der Waals surface area contributed by atoms with Crippen molar-refractivity contribution in [1.82, 2.24) is 4.90 Å². The predicted octanol–water partition coefficient (Wildman–Crippen LogP) is 1.27. The summed E-state index contributed by atoms with van der Waals surface area (Å²) in [6.45, 7) is 10.3. The summed E-state index contributed by atoms with van der Waals surface area (Å²) >= 11 is 0. The average molecular weight is 169 g/mol. The lowest BCUT2D eigenvalue weighted by Gasteiger charge is -2.36. The standard InChI is InChI=1S/C10H19NO/c1-4-6-11-7-5-9(2)10(11,3)8-12/h4,9,12H,1,5-8H2,2-3H3/t9-,10-/m0/s1. The van der Waals surface area contributed by atoms with Crippen molar-refractivity contribution in [2.75, 3.05) is 19.7 Å². The van der Waals surface area contributed by atoms with Gasteiger partial charge in [0.05, 0.1) is 6.61 Å². The number of aliphatic hydroxyl groups is 1. The van der Waals surface area contributed by atoms with Gasteiger partial charge in [-0.3, -0.25) is 4.90 Å². The fraction of sp³-hybridized carbons (Fsp3) is 0.800. The summed E-state index contributed by atoms with van der Waals surface area (Å²) in [6, 6.07) is 0. The topological polar surface area (TPSA) is 23.5 Å². The molecule has 0 amide bonds. The SMILES string of the molecule is C=CCN1CC[C@H](C)[C@]1(C)CO. The Morgan fingerprint density at radius 2 is 2.42 bits per heavy atom. The van der Waals surface area contributed by atoms with E-state index in [9.17, 15) is 5.11 Å². The summed E-state index contributed by atoms with van der Waals surface area (Å²) in [5.74, 6) is 0.586. The molecule has 0 aliphatic carbocycles. The average Bonchev–Trinajstić information content (AvgIpc) is 2.34. The van der Waals surface area contributed by atoms with E-state index in [4.69, 9.17) is 0 Å². The van der Waals surface area contributed by atoms with Crippen LogP contribution < -0.4 is 0 Å². The Kier molecular flexibility index (Phi) is 2.91. The van der Waals surface area contributed by atoms with Gasteiger partial charge in [-0.25, -0.2) is 0 Å². The van der Waals surface area contributed by atoms with Crippen LogP contribution in [-0.2, 0) is 0 Å². The Morgan fingerprint density at radius 3 is 2.92 bits per heavy atom. The van der Waals surface area contributed by atoms with E-state index in [-0.39, 0.29) is 12.1 Å². The van der Waals surface area contributed by atoms with Crippen LogP contribution in [0.15, 0.2) is 12.7 Å². The molecule has 0 aromatic rings. The van der Waals surface area contributed by atoms with Gasteiger partial charge in [0.1, 0.15) is 0 Å². The monoisotopic (exact) mass is 169 g/mol. The molecule has 1 rings (SSSR count). The Hall–Kier alpha value is -0.340. The number of nitrogens with zero attached hydrogens (tertiary/aromatic N) is 1. The van der Waals surface area contributed by atoms with Gasteiger partial charge in [-0.15, -0.1) is 6.58 Å². The van der Waals surface area contributed by atoms with Crippen molar-refractivity contribution in [3.8, 4) is 0 Å². The first kappa shape index (κ1) is 9.75. The first-order chi connectivity index (χ1) is 5.65. The molecule has 70 valence electrons. The molecule has 0 unspecified atom stereocenters. The fourth-order valence-electron chi connectivity index (χ4n) is 1.94. The van der Waals surface area contributed by atoms with Gasteiger partial charge in [0.2, 0.25) is 0 Å². The van der Waals surface area contributed by atoms with Crippen LogP contribution in [0.2, 0.25) is 0 Å². The van der Waals surface area contributed by atoms with E-state index in [0.717, 1.165) is 13.1 Å². The molecular formula is C10H19NO. The Labute approximate surface area is 74.9 Å². The summed E-state index contributed by atoms with van der Waals surface area (Å²) in [5, 5.41) is 9.32. The van der Waals surface area contributed by atoms with Crippen molar-refractivity contribution in [3.05, 3.63) is 12.7 Å². The van der Waals surface area contributed by atoms with Crippen LogP contribution in [0.3, 0.4) is 0 Å². The Bertz CT molecular complexity index is 169. The lowest BCUT2D eigenvalue weighted by molar-refractivity contribution is 0.0626. The van der Waals surface area contributed by atoms with Crippen LogP contribution in [0.25, 0.3) is 0 Å². The number of aliphatic hydroxyl groups excluding tert-OH is 1. The van der Waals surface area contributed by atoms with Gasteiger partial charge < -0.3 is 5.11 Å². The quantitative estimate of drug-likeness (QED) is 0.643. The number of likely N-dealkylation sites (tertiary alicyclic amines) is 1. The van der Waals surface area contributed by atoms with Gasteiger partial charge in [-0.05, 0) is 25.8 Å². The van der Waals surface area contributed by atoms with E-state index in [1.807, 2.05) is 6.08 Å². The van der Waals surface area contributed by atoms with Gasteiger partial charge in [0, 0.05) is 12.1 Å². The summed E-state index contributed by atoms with van der Waals surface area (Å²) < 4.78 is 0. The van der Waals surface area contributed by atoms with Gasteiger partial charge >= 0.3 is 0 Å². The van der Waals surface area contributed by atoms with E-state index in [1.54, 1.807) is 0 Å². The molecule has 1 aliphatic heterocycles. The van der Waals surface area contributed by atoms with Crippen LogP contribution >= 0.6 is 0 Å². The van der Waals surface area contributed by atoms with Gasteiger partial charge in [0.15, 0.2) is 0 Å². The van der Waals surface area contributed by atoms with Crippen LogP contribution in [-0.4, -0.2) is 35.2 Å². The van der Waals surface area contributed by atoms with Crippen LogP contribution in [0.5, 0.6) is 0 Å². The first-order valence-corrected chi connectivity index (χ1v) is 4.62. The lowest BCUT2D eigenvalue weighted by atomic mass is 9.89. The summed E-state index contributed by atoms with van der Waals surface area (Å²) in [5.41, 5.74) is -0.0197. The molecule has 1 N–H and O–H groups in total. The van der Waals surface area contributed by atoms with Crippen LogP contribution in [0, 0.1) is 5.92 Å². The molecule has 2 nitrogen and oxygen atoms in total. The van der Waals surface area contributed by atoms with Gasteiger partial charge in [0.25, 0.3) is 0 Å². The zero-order valence-corrected chi connectivity index (χ0v) is 8.08. The maximum absolute atomic E-state index is 9.32. The molecule has 2 heteroatoms. The molecule has 0 aromatic carbocycles. The molecule has 12 heavy (non-hydrogen) atoms. The van der Waals surface area contributed by atoms with Crippen molar-refractivity contribution >= 4 is 0 Å². The third-order valence-corrected chi connectivity index (χ3v) is 3.29. The molecule has 0 spiro atoms. The fourth-order valence-corrected chi connectivity index (χ4v) is 1.94. The zero-order valence-electron chi connectivity index (χ0n) is 8.08. The van der Waals surface area contributed by atoms with E-state index in [0.29, 0.717) is 5.92 Å².